The quantitative estimate of drug-likeness (QED) is 0.292. The number of rotatable bonds is 10. The summed E-state index contributed by atoms with van der Waals surface area (Å²) in [7, 11) is 0. The van der Waals surface area contributed by atoms with Crippen molar-refractivity contribution in [2.45, 2.75) is 59.7 Å². The van der Waals surface area contributed by atoms with Crippen LogP contribution in [0.2, 0.25) is 0 Å². The Bertz CT molecular complexity index is 332. The number of halogens is 4. The van der Waals surface area contributed by atoms with E-state index in [1.807, 2.05) is 6.92 Å². The summed E-state index contributed by atoms with van der Waals surface area (Å²) in [6, 6.07) is 0.308. The summed E-state index contributed by atoms with van der Waals surface area (Å²) in [5, 5.41) is 5.77. The molecule has 0 spiro atoms. The summed E-state index contributed by atoms with van der Waals surface area (Å²) >= 11 is 0. The van der Waals surface area contributed by atoms with Gasteiger partial charge in [0.2, 0.25) is 0 Å². The summed E-state index contributed by atoms with van der Waals surface area (Å²) in [5.41, 5.74) is 0. The Balaban J connectivity index is 0. The lowest BCUT2D eigenvalue weighted by Crippen LogP contribution is -2.42. The topological polar surface area (TPSA) is 39.7 Å². The van der Waals surface area contributed by atoms with Crippen LogP contribution in [-0.4, -0.2) is 55.8 Å². The second-order valence-electron chi connectivity index (χ2n) is 6.02. The highest BCUT2D eigenvalue weighted by Gasteiger charge is 2.26. The Morgan fingerprint density at radius 1 is 1.08 bits per heavy atom. The van der Waals surface area contributed by atoms with Gasteiger partial charge in [-0.3, -0.25) is 9.89 Å². The molecule has 146 valence electrons. The first kappa shape index (κ1) is 26.0. The monoisotopic (exact) mass is 466 g/mol. The van der Waals surface area contributed by atoms with Crippen LogP contribution in [0.3, 0.4) is 0 Å². The van der Waals surface area contributed by atoms with E-state index < -0.39 is 12.6 Å². The van der Waals surface area contributed by atoms with E-state index >= 15 is 0 Å². The van der Waals surface area contributed by atoms with E-state index in [-0.39, 0.29) is 30.5 Å². The molecule has 0 aromatic rings. The van der Waals surface area contributed by atoms with Gasteiger partial charge in [0.15, 0.2) is 5.96 Å². The zero-order chi connectivity index (χ0) is 17.9. The van der Waals surface area contributed by atoms with Gasteiger partial charge in [-0.25, -0.2) is 0 Å². The molecule has 24 heavy (non-hydrogen) atoms. The van der Waals surface area contributed by atoms with E-state index in [4.69, 9.17) is 0 Å². The highest BCUT2D eigenvalue weighted by molar-refractivity contribution is 14.0. The molecule has 0 aliphatic rings. The van der Waals surface area contributed by atoms with Crippen LogP contribution in [0.1, 0.15) is 47.5 Å². The second kappa shape index (κ2) is 14.0. The number of nitrogens with one attached hydrogen (secondary N) is 2. The molecule has 0 aliphatic carbocycles. The van der Waals surface area contributed by atoms with Crippen LogP contribution >= 0.6 is 24.0 Å². The molecule has 0 aromatic carbocycles. The molecule has 0 fully saturated rings. The van der Waals surface area contributed by atoms with Gasteiger partial charge >= 0.3 is 6.18 Å². The summed E-state index contributed by atoms with van der Waals surface area (Å²) in [6.07, 6.45) is -3.98. The number of guanidine groups is 1. The van der Waals surface area contributed by atoms with Crippen LogP contribution in [0.4, 0.5) is 13.2 Å². The Labute approximate surface area is 162 Å². The fourth-order valence-electron chi connectivity index (χ4n) is 2.48. The van der Waals surface area contributed by atoms with E-state index in [1.165, 1.54) is 0 Å². The molecule has 4 nitrogen and oxygen atoms in total. The first-order valence-electron chi connectivity index (χ1n) is 8.56. The van der Waals surface area contributed by atoms with Crippen LogP contribution in [-0.2, 0) is 0 Å². The molecule has 0 aliphatic heterocycles. The largest absolute Gasteiger partial charge is 0.390 e. The van der Waals surface area contributed by atoms with E-state index in [0.717, 1.165) is 19.5 Å². The molecule has 0 rings (SSSR count). The third-order valence-corrected chi connectivity index (χ3v) is 3.58. The number of likely N-dealkylation sites (N-methyl/N-ethyl adjacent to an activating group) is 1. The first-order chi connectivity index (χ1) is 10.7. The van der Waals surface area contributed by atoms with Crippen molar-refractivity contribution >= 4 is 29.9 Å². The predicted octanol–water partition coefficient (Wildman–Crippen LogP) is 3.87. The maximum absolute atomic E-state index is 12.2. The zero-order valence-electron chi connectivity index (χ0n) is 15.5. The molecule has 0 saturated heterocycles. The third kappa shape index (κ3) is 13.1. The van der Waals surface area contributed by atoms with Crippen LogP contribution in [0.25, 0.3) is 0 Å². The van der Waals surface area contributed by atoms with Crippen molar-refractivity contribution in [3.05, 3.63) is 0 Å². The summed E-state index contributed by atoms with van der Waals surface area (Å²) < 4.78 is 36.7. The molecule has 0 bridgehead atoms. The SMILES string of the molecule is CCNC(=NCC(CC(C)C)N(CC)CC)NCCC(F)(F)F.I. The molecule has 0 radical (unpaired) electrons. The molecular weight excluding hydrogens is 432 g/mol. The molecule has 0 aromatic heterocycles. The maximum Gasteiger partial charge on any atom is 0.390 e. The van der Waals surface area contributed by atoms with Gasteiger partial charge < -0.3 is 10.6 Å². The lowest BCUT2D eigenvalue weighted by atomic mass is 10.0. The van der Waals surface area contributed by atoms with Crippen molar-refractivity contribution in [3.63, 3.8) is 0 Å². The Hall–Kier alpha value is -0.250. The molecule has 1 atom stereocenters. The summed E-state index contributed by atoms with van der Waals surface area (Å²) in [6.45, 7) is 13.4. The van der Waals surface area contributed by atoms with Gasteiger partial charge in [0.1, 0.15) is 0 Å². The van der Waals surface area contributed by atoms with Gasteiger partial charge in [0, 0.05) is 19.1 Å². The molecule has 0 saturated carbocycles. The van der Waals surface area contributed by atoms with Crippen molar-refractivity contribution in [3.8, 4) is 0 Å². The normalized spacial score (nSPS) is 13.8. The van der Waals surface area contributed by atoms with Crippen molar-refractivity contribution in [1.29, 1.82) is 0 Å². The number of nitrogens with zero attached hydrogens (tertiary/aromatic N) is 2. The van der Waals surface area contributed by atoms with Gasteiger partial charge in [-0.2, -0.15) is 13.2 Å². The van der Waals surface area contributed by atoms with Crippen LogP contribution < -0.4 is 10.6 Å². The second-order valence-corrected chi connectivity index (χ2v) is 6.02. The van der Waals surface area contributed by atoms with E-state index in [2.05, 4.69) is 48.2 Å². The third-order valence-electron chi connectivity index (χ3n) is 3.58. The average molecular weight is 466 g/mol. The van der Waals surface area contributed by atoms with E-state index in [1.54, 1.807) is 0 Å². The minimum absolute atomic E-state index is 0. The highest BCUT2D eigenvalue weighted by Crippen LogP contribution is 2.18. The highest BCUT2D eigenvalue weighted by atomic mass is 127. The van der Waals surface area contributed by atoms with Gasteiger partial charge in [-0.15, -0.1) is 24.0 Å². The van der Waals surface area contributed by atoms with Crippen LogP contribution in [0, 0.1) is 5.92 Å². The minimum Gasteiger partial charge on any atom is -0.357 e. The van der Waals surface area contributed by atoms with Gasteiger partial charge in [-0.1, -0.05) is 27.7 Å². The predicted molar refractivity (Wildman–Crippen MR) is 106 cm³/mol. The van der Waals surface area contributed by atoms with Gasteiger partial charge in [-0.05, 0) is 32.4 Å². The van der Waals surface area contributed by atoms with E-state index in [9.17, 15) is 13.2 Å². The van der Waals surface area contributed by atoms with Crippen molar-refractivity contribution in [2.75, 3.05) is 32.7 Å². The smallest absolute Gasteiger partial charge is 0.357 e. The fraction of sp³-hybridized carbons (Fsp3) is 0.938. The van der Waals surface area contributed by atoms with Crippen LogP contribution in [0.15, 0.2) is 4.99 Å². The lowest BCUT2D eigenvalue weighted by molar-refractivity contribution is -0.132. The van der Waals surface area contributed by atoms with E-state index in [0.29, 0.717) is 31.0 Å². The molecule has 2 N–H and O–H groups in total. The summed E-state index contributed by atoms with van der Waals surface area (Å²) in [4.78, 5) is 6.84. The zero-order valence-corrected chi connectivity index (χ0v) is 17.9. The Morgan fingerprint density at radius 2 is 1.67 bits per heavy atom. The number of hydrogen-bond acceptors (Lipinski definition) is 2. The maximum atomic E-state index is 12.2. The Morgan fingerprint density at radius 3 is 2.08 bits per heavy atom. The molecule has 1 unspecified atom stereocenters. The first-order valence-corrected chi connectivity index (χ1v) is 8.56. The molecule has 8 heteroatoms. The number of hydrogen-bond donors (Lipinski definition) is 2. The lowest BCUT2D eigenvalue weighted by Gasteiger charge is -2.30. The number of alkyl halides is 3. The van der Waals surface area contributed by atoms with Crippen molar-refractivity contribution in [2.24, 2.45) is 10.9 Å². The molecule has 0 amide bonds. The fourth-order valence-corrected chi connectivity index (χ4v) is 2.48. The summed E-state index contributed by atoms with van der Waals surface area (Å²) in [5.74, 6) is 1.01. The molecular formula is C16H34F3IN4. The molecule has 0 heterocycles. The minimum atomic E-state index is -4.15. The van der Waals surface area contributed by atoms with Crippen molar-refractivity contribution < 1.29 is 13.2 Å². The number of aliphatic imine (C=N–C) groups is 1. The standard InChI is InChI=1S/C16H33F3N4.HI/c1-6-20-15(21-10-9-16(17,18)19)22-12-14(11-13(4)5)23(7-2)8-3;/h13-14H,6-12H2,1-5H3,(H2,20,21,22);1H. The average Bonchev–Trinajstić information content (AvgIpc) is 2.43. The van der Waals surface area contributed by atoms with Gasteiger partial charge in [0.05, 0.1) is 13.0 Å². The van der Waals surface area contributed by atoms with Crippen LogP contribution in [0.5, 0.6) is 0 Å². The van der Waals surface area contributed by atoms with Gasteiger partial charge in [0.25, 0.3) is 0 Å². The Kier molecular flexibility index (Phi) is 15.1. The van der Waals surface area contributed by atoms with Crippen molar-refractivity contribution in [1.82, 2.24) is 15.5 Å².